The van der Waals surface area contributed by atoms with Crippen molar-refractivity contribution < 1.29 is 44.3 Å². The van der Waals surface area contributed by atoms with Gasteiger partial charge in [-0.05, 0) is 19.3 Å². The largest absolute Gasteiger partial charge is 0.377 e. The highest BCUT2D eigenvalue weighted by Gasteiger charge is 2.23. The number of nitrogens with zero attached hydrogens (tertiary/aromatic N) is 1. The van der Waals surface area contributed by atoms with E-state index in [-0.39, 0.29) is 71.0 Å². The third-order valence-electron chi connectivity index (χ3n) is 9.91. The van der Waals surface area contributed by atoms with Gasteiger partial charge in [0, 0.05) is 58.1 Å². The molecular formula is C43H81N7O9. The molecule has 0 unspecified atom stereocenters. The molecule has 0 saturated heterocycles. The highest BCUT2D eigenvalue weighted by Crippen LogP contribution is 2.15. The van der Waals surface area contributed by atoms with Gasteiger partial charge in [0.2, 0.25) is 23.6 Å². The maximum atomic E-state index is 12.5. The van der Waals surface area contributed by atoms with Crippen LogP contribution in [0.25, 0.3) is 0 Å². The summed E-state index contributed by atoms with van der Waals surface area (Å²) >= 11 is 0. The fraction of sp³-hybridized carbons (Fsp3) is 0.814. The van der Waals surface area contributed by atoms with Crippen molar-refractivity contribution in [2.45, 2.75) is 148 Å². The van der Waals surface area contributed by atoms with Gasteiger partial charge in [-0.2, -0.15) is 0 Å². The fourth-order valence-electron chi connectivity index (χ4n) is 6.37. The number of Topliss-reactive ketones (excluding diaryl/α,β-unsaturated/α-hetero) is 1. The van der Waals surface area contributed by atoms with Crippen molar-refractivity contribution in [3.63, 3.8) is 0 Å². The number of rotatable bonds is 43. The third-order valence-corrected chi connectivity index (χ3v) is 9.91. The van der Waals surface area contributed by atoms with E-state index in [1.807, 2.05) is 0 Å². The zero-order chi connectivity index (χ0) is 43.0. The molecule has 0 fully saturated rings. The number of primary amides is 1. The van der Waals surface area contributed by atoms with Gasteiger partial charge in [0.15, 0.2) is 5.78 Å². The standard InChI is InChI=1S/C43H79N7O9.H2/c1-2-3-4-5-6-7-8-9-10-11-12-13-14-15-16-20-40(52)48-22-24-56-26-29-59-34-42(54)49-23-25-57-27-28-58-33-41(53)47-21-18-17-19-36(43(45)55)30-39(51)38(44)31-37-32-46-35-50-37;/h32,35-36,38H,2-31,33-34,44H2,1H3,(H2,45,55)(H,46,50)(H,47,53)(H,48,52)(H,49,54);1H/t36-,38+;/m1./s1. The molecule has 342 valence electrons. The Morgan fingerprint density at radius 2 is 1.14 bits per heavy atom. The molecule has 16 nitrogen and oxygen atoms in total. The average Bonchev–Trinajstić information content (AvgIpc) is 3.73. The van der Waals surface area contributed by atoms with Crippen LogP contribution in [0.2, 0.25) is 0 Å². The molecule has 2 atom stereocenters. The second-order valence-electron chi connectivity index (χ2n) is 15.2. The lowest BCUT2D eigenvalue weighted by Crippen LogP contribution is -2.36. The quantitative estimate of drug-likeness (QED) is 0.0503. The Kier molecular flexibility index (Phi) is 35.2. The number of carbonyl (C=O) groups is 5. The zero-order valence-electron chi connectivity index (χ0n) is 36.2. The van der Waals surface area contributed by atoms with Crippen molar-refractivity contribution in [3.05, 3.63) is 18.2 Å². The van der Waals surface area contributed by atoms with E-state index in [4.69, 9.17) is 30.4 Å². The number of ketones is 1. The molecule has 8 N–H and O–H groups in total. The van der Waals surface area contributed by atoms with Crippen LogP contribution in [0.4, 0.5) is 0 Å². The molecule has 1 aromatic rings. The lowest BCUT2D eigenvalue weighted by molar-refractivity contribution is -0.128. The Labute approximate surface area is 355 Å². The number of unbranched alkanes of at least 4 members (excludes halogenated alkanes) is 15. The van der Waals surface area contributed by atoms with Crippen LogP contribution in [0, 0.1) is 5.92 Å². The van der Waals surface area contributed by atoms with Gasteiger partial charge in [-0.25, -0.2) is 4.98 Å². The van der Waals surface area contributed by atoms with E-state index in [0.717, 1.165) is 18.5 Å². The first-order chi connectivity index (χ1) is 28.7. The average molecular weight is 840 g/mol. The van der Waals surface area contributed by atoms with Crippen LogP contribution in [0.3, 0.4) is 0 Å². The first kappa shape index (κ1) is 53.6. The maximum absolute atomic E-state index is 12.5. The summed E-state index contributed by atoms with van der Waals surface area (Å²) in [6.45, 7) is 4.95. The van der Waals surface area contributed by atoms with E-state index in [1.165, 1.54) is 89.8 Å². The molecule has 1 heterocycles. The molecule has 0 aromatic carbocycles. The van der Waals surface area contributed by atoms with Gasteiger partial charge < -0.3 is 51.3 Å². The number of ether oxygens (including phenoxy) is 4. The van der Waals surface area contributed by atoms with Crippen LogP contribution in [0.15, 0.2) is 12.5 Å². The molecule has 59 heavy (non-hydrogen) atoms. The number of carbonyl (C=O) groups excluding carboxylic acids is 5. The lowest BCUT2D eigenvalue weighted by Gasteiger charge is -2.15. The summed E-state index contributed by atoms with van der Waals surface area (Å²) in [6.07, 6.45) is 25.1. The number of aromatic amines is 1. The van der Waals surface area contributed by atoms with Crippen LogP contribution in [0.1, 0.15) is 142 Å². The highest BCUT2D eigenvalue weighted by atomic mass is 16.5. The summed E-state index contributed by atoms with van der Waals surface area (Å²) in [5.74, 6) is -1.88. The molecule has 4 amide bonds. The normalized spacial score (nSPS) is 12.2. The Morgan fingerprint density at radius 3 is 1.64 bits per heavy atom. The predicted octanol–water partition coefficient (Wildman–Crippen LogP) is 4.43. The molecule has 1 rings (SSSR count). The number of aromatic nitrogens is 2. The smallest absolute Gasteiger partial charge is 0.246 e. The van der Waals surface area contributed by atoms with Crippen LogP contribution < -0.4 is 27.4 Å². The number of amides is 4. The molecule has 16 heteroatoms. The maximum Gasteiger partial charge on any atom is 0.246 e. The van der Waals surface area contributed by atoms with Crippen molar-refractivity contribution in [2.24, 2.45) is 17.4 Å². The second-order valence-corrected chi connectivity index (χ2v) is 15.2. The SMILES string of the molecule is CCCCCCCCCCCCCCCCCC(=O)NCCOCCOCC(=O)NCCOCCOCC(=O)NCCCC[C@H](CC(=O)[C@@H](N)Cc1cnc[nH]1)C(N)=O.[HH]. The van der Waals surface area contributed by atoms with E-state index in [0.29, 0.717) is 65.0 Å². The van der Waals surface area contributed by atoms with E-state index < -0.39 is 17.9 Å². The molecule has 0 aliphatic heterocycles. The summed E-state index contributed by atoms with van der Waals surface area (Å²) in [7, 11) is 0. The monoisotopic (exact) mass is 840 g/mol. The topological polar surface area (TPSA) is 239 Å². The van der Waals surface area contributed by atoms with E-state index >= 15 is 0 Å². The second kappa shape index (κ2) is 38.7. The van der Waals surface area contributed by atoms with Crippen molar-refractivity contribution in [1.82, 2.24) is 25.9 Å². The van der Waals surface area contributed by atoms with Crippen molar-refractivity contribution in [2.75, 3.05) is 72.5 Å². The van der Waals surface area contributed by atoms with Gasteiger partial charge in [0.1, 0.15) is 13.2 Å². The van der Waals surface area contributed by atoms with Crippen LogP contribution in [-0.4, -0.2) is 118 Å². The number of nitrogens with one attached hydrogen (secondary N) is 4. The molecular weight excluding hydrogens is 759 g/mol. The van der Waals surface area contributed by atoms with E-state index in [1.54, 1.807) is 6.20 Å². The number of hydrogen-bond donors (Lipinski definition) is 6. The molecule has 0 saturated carbocycles. The van der Waals surface area contributed by atoms with Gasteiger partial charge in [0.25, 0.3) is 0 Å². The molecule has 1 aromatic heterocycles. The Balaban J connectivity index is 0.0000348. The highest BCUT2D eigenvalue weighted by molar-refractivity contribution is 5.89. The van der Waals surface area contributed by atoms with Crippen molar-refractivity contribution in [1.29, 1.82) is 0 Å². The van der Waals surface area contributed by atoms with Crippen LogP contribution in [-0.2, 0) is 49.3 Å². The summed E-state index contributed by atoms with van der Waals surface area (Å²) in [6, 6.07) is -0.747. The molecule has 0 spiro atoms. The summed E-state index contributed by atoms with van der Waals surface area (Å²) in [4.78, 5) is 67.1. The molecule has 0 radical (unpaired) electrons. The van der Waals surface area contributed by atoms with E-state index in [9.17, 15) is 24.0 Å². The fourth-order valence-corrected chi connectivity index (χ4v) is 6.37. The number of hydrogen-bond acceptors (Lipinski definition) is 11. The number of nitrogens with two attached hydrogens (primary N) is 2. The minimum absolute atomic E-state index is 0. The molecule has 0 bridgehead atoms. The minimum Gasteiger partial charge on any atom is -0.377 e. The summed E-state index contributed by atoms with van der Waals surface area (Å²) < 4.78 is 21.5. The van der Waals surface area contributed by atoms with Gasteiger partial charge in [-0.3, -0.25) is 24.0 Å². The Morgan fingerprint density at radius 1 is 0.644 bits per heavy atom. The van der Waals surface area contributed by atoms with Crippen molar-refractivity contribution in [3.8, 4) is 0 Å². The van der Waals surface area contributed by atoms with Crippen molar-refractivity contribution >= 4 is 29.4 Å². The Bertz CT molecular complexity index is 1210. The summed E-state index contributed by atoms with van der Waals surface area (Å²) in [5, 5.41) is 8.34. The van der Waals surface area contributed by atoms with Gasteiger partial charge >= 0.3 is 0 Å². The first-order valence-electron chi connectivity index (χ1n) is 22.4. The van der Waals surface area contributed by atoms with Crippen LogP contribution in [0.5, 0.6) is 0 Å². The predicted molar refractivity (Wildman–Crippen MR) is 230 cm³/mol. The minimum atomic E-state index is -0.747. The molecule has 0 aliphatic carbocycles. The first-order valence-corrected chi connectivity index (χ1v) is 22.4. The van der Waals surface area contributed by atoms with Gasteiger partial charge in [-0.1, -0.05) is 103 Å². The Hall–Kier alpha value is -3.44. The van der Waals surface area contributed by atoms with E-state index in [2.05, 4.69) is 32.8 Å². The zero-order valence-corrected chi connectivity index (χ0v) is 36.2. The van der Waals surface area contributed by atoms with Gasteiger partial charge in [-0.15, -0.1) is 0 Å². The number of imidazole rings is 1. The van der Waals surface area contributed by atoms with Crippen LogP contribution >= 0.6 is 0 Å². The third kappa shape index (κ3) is 34.0. The van der Waals surface area contributed by atoms with Gasteiger partial charge in [0.05, 0.1) is 52.0 Å². The molecule has 0 aliphatic rings. The lowest BCUT2D eigenvalue weighted by atomic mass is 9.92. The summed E-state index contributed by atoms with van der Waals surface area (Å²) in [5.41, 5.74) is 12.2. The number of H-pyrrole nitrogens is 1.